The van der Waals surface area contributed by atoms with Crippen molar-refractivity contribution in [3.63, 3.8) is 0 Å². The Labute approximate surface area is 497 Å². The highest BCUT2D eigenvalue weighted by Gasteiger charge is 2.22. The van der Waals surface area contributed by atoms with Crippen LogP contribution in [-0.4, -0.2) is 82.3 Å². The van der Waals surface area contributed by atoms with Crippen LogP contribution in [0.25, 0.3) is 0 Å². The van der Waals surface area contributed by atoms with Crippen LogP contribution in [-0.2, 0) is 33.3 Å². The first-order chi connectivity index (χ1) is 39.6. The third-order valence-corrected chi connectivity index (χ3v) is 13.4. The van der Waals surface area contributed by atoms with E-state index in [1.807, 2.05) is 21.1 Å². The summed E-state index contributed by atoms with van der Waals surface area (Å²) in [5.74, 6) is -2.35. The van der Waals surface area contributed by atoms with Crippen molar-refractivity contribution in [2.45, 2.75) is 257 Å². The average Bonchev–Trinajstić information content (AvgIpc) is 3.44. The van der Waals surface area contributed by atoms with Crippen LogP contribution in [0, 0.1) is 0 Å². The van der Waals surface area contributed by atoms with Gasteiger partial charge in [-0.15, -0.1) is 0 Å². The summed E-state index contributed by atoms with van der Waals surface area (Å²) in [7, 11) is 5.90. The number of unbranched alkanes of at least 4 members (excludes halogenated alkanes) is 21. The third kappa shape index (κ3) is 62.9. The lowest BCUT2D eigenvalue weighted by Gasteiger charge is -2.26. The zero-order chi connectivity index (χ0) is 59.1. The van der Waals surface area contributed by atoms with Gasteiger partial charge in [-0.3, -0.25) is 9.59 Å². The summed E-state index contributed by atoms with van der Waals surface area (Å²) in [5, 5.41) is 11.8. The number of quaternary nitrogens is 1. The van der Waals surface area contributed by atoms with Crippen molar-refractivity contribution < 1.29 is 42.9 Å². The van der Waals surface area contributed by atoms with Gasteiger partial charge in [-0.2, -0.15) is 0 Å². The van der Waals surface area contributed by atoms with Crippen molar-refractivity contribution in [3.05, 3.63) is 134 Å². The number of aliphatic carboxylic acids is 1. The number of carbonyl (C=O) groups is 3. The molecule has 2 unspecified atom stereocenters. The summed E-state index contributed by atoms with van der Waals surface area (Å²) < 4.78 is 22.7. The van der Waals surface area contributed by atoms with Crippen molar-refractivity contribution in [3.8, 4) is 0 Å². The molecule has 9 heteroatoms. The highest BCUT2D eigenvalue weighted by molar-refractivity contribution is 5.70. The standard InChI is InChI=1S/C72H119NO8/c1-6-8-10-12-14-16-18-20-22-24-26-28-30-32-34-35-37-38-40-42-44-46-48-50-52-54-56-58-60-62-69(74)79-66-68(67-80-72(71(76)77)78-65-64-73(3,4)5)81-70(75)63-61-59-57-55-53-51-49-47-45-43-41-39-36-33-31-29-27-25-23-21-19-17-15-13-11-9-7-2/h9,11,15,17-18,20-21,23-24,26-27,29-30,32-33,36,41,43,47,49,53,55,68,72H,6-8,10,12-14,16,19,22,25,28,31,34-35,37-40,42,44-46,48,50-52,54,56-67H2,1-5H3/b11-9-,17-15-,20-18-,23-21-,26-24-,29-27-,32-30-,36-33-,43-41-,49-47-,55-53-. The molecule has 0 aromatic rings. The van der Waals surface area contributed by atoms with Crippen molar-refractivity contribution in [2.75, 3.05) is 47.5 Å². The predicted octanol–water partition coefficient (Wildman–Crippen LogP) is 18.5. The van der Waals surface area contributed by atoms with Crippen LogP contribution in [0.1, 0.15) is 245 Å². The largest absolute Gasteiger partial charge is 0.545 e. The summed E-state index contributed by atoms with van der Waals surface area (Å²) >= 11 is 0. The number of carbonyl (C=O) groups excluding carboxylic acids is 3. The second-order valence-corrected chi connectivity index (χ2v) is 22.3. The normalized spacial score (nSPS) is 13.6. The maximum absolute atomic E-state index is 12.9. The van der Waals surface area contributed by atoms with E-state index in [9.17, 15) is 19.5 Å². The molecular weight excluding hydrogens is 1010 g/mol. The zero-order valence-electron chi connectivity index (χ0n) is 52.4. The van der Waals surface area contributed by atoms with Gasteiger partial charge in [-0.1, -0.05) is 250 Å². The van der Waals surface area contributed by atoms with E-state index >= 15 is 0 Å². The maximum Gasteiger partial charge on any atom is 0.306 e. The maximum atomic E-state index is 12.9. The van der Waals surface area contributed by atoms with Crippen LogP contribution in [0.3, 0.4) is 0 Å². The smallest absolute Gasteiger partial charge is 0.306 e. The molecule has 0 radical (unpaired) electrons. The lowest BCUT2D eigenvalue weighted by Crippen LogP contribution is -2.44. The second-order valence-electron chi connectivity index (χ2n) is 22.3. The van der Waals surface area contributed by atoms with E-state index in [0.29, 0.717) is 17.4 Å². The molecule has 460 valence electrons. The van der Waals surface area contributed by atoms with E-state index in [1.54, 1.807) is 0 Å². The summed E-state index contributed by atoms with van der Waals surface area (Å²) in [6, 6.07) is 0. The molecule has 0 heterocycles. The number of ether oxygens (including phenoxy) is 4. The summed E-state index contributed by atoms with van der Waals surface area (Å²) in [5.41, 5.74) is 0. The minimum absolute atomic E-state index is 0.132. The monoisotopic (exact) mass is 1130 g/mol. The van der Waals surface area contributed by atoms with Gasteiger partial charge in [0.2, 0.25) is 0 Å². The average molecular weight is 1130 g/mol. The van der Waals surface area contributed by atoms with Crippen LogP contribution in [0.2, 0.25) is 0 Å². The first kappa shape index (κ1) is 76.4. The number of carboxylic acid groups (broad SMARTS) is 1. The van der Waals surface area contributed by atoms with Gasteiger partial charge in [-0.25, -0.2) is 0 Å². The Hall–Kier alpha value is -4.57. The van der Waals surface area contributed by atoms with Gasteiger partial charge >= 0.3 is 11.9 Å². The number of esters is 2. The molecule has 2 atom stereocenters. The fourth-order valence-corrected chi connectivity index (χ4v) is 8.44. The van der Waals surface area contributed by atoms with Gasteiger partial charge in [-0.05, 0) is 116 Å². The molecule has 0 rings (SSSR count). The van der Waals surface area contributed by atoms with Gasteiger partial charge in [0.1, 0.15) is 13.2 Å². The number of allylic oxidation sites excluding steroid dienone is 22. The molecule has 0 aromatic carbocycles. The van der Waals surface area contributed by atoms with Crippen molar-refractivity contribution in [1.29, 1.82) is 0 Å². The second kappa shape index (κ2) is 61.5. The van der Waals surface area contributed by atoms with E-state index in [-0.39, 0.29) is 38.6 Å². The molecular formula is C72H119NO8. The van der Waals surface area contributed by atoms with E-state index in [4.69, 9.17) is 18.9 Å². The fraction of sp³-hybridized carbons (Fsp3) is 0.653. The van der Waals surface area contributed by atoms with Gasteiger partial charge < -0.3 is 33.3 Å². The molecule has 0 bridgehead atoms. The van der Waals surface area contributed by atoms with Gasteiger partial charge in [0, 0.05) is 12.8 Å². The van der Waals surface area contributed by atoms with Gasteiger partial charge in [0.15, 0.2) is 12.4 Å². The van der Waals surface area contributed by atoms with Crippen molar-refractivity contribution in [2.24, 2.45) is 0 Å². The molecule has 0 aliphatic rings. The number of likely N-dealkylation sites (N-methyl/N-ethyl adjacent to an activating group) is 1. The number of carboxylic acids is 1. The molecule has 9 nitrogen and oxygen atoms in total. The van der Waals surface area contributed by atoms with E-state index < -0.39 is 24.3 Å². The van der Waals surface area contributed by atoms with E-state index in [2.05, 4.69) is 148 Å². The number of hydrogen-bond acceptors (Lipinski definition) is 8. The number of rotatable bonds is 58. The Morgan fingerprint density at radius 3 is 1.07 bits per heavy atom. The zero-order valence-corrected chi connectivity index (χ0v) is 52.4. The molecule has 0 saturated heterocycles. The molecule has 0 aromatic heterocycles. The predicted molar refractivity (Wildman–Crippen MR) is 343 cm³/mol. The van der Waals surface area contributed by atoms with Gasteiger partial charge in [0.25, 0.3) is 0 Å². The summed E-state index contributed by atoms with van der Waals surface area (Å²) in [4.78, 5) is 37.4. The minimum Gasteiger partial charge on any atom is -0.545 e. The Balaban J connectivity index is 4.29. The van der Waals surface area contributed by atoms with Gasteiger partial charge in [0.05, 0.1) is 40.3 Å². The Morgan fingerprint density at radius 2 is 0.704 bits per heavy atom. The molecule has 0 N–H and O–H groups in total. The van der Waals surface area contributed by atoms with Crippen molar-refractivity contribution in [1.82, 2.24) is 0 Å². The lowest BCUT2D eigenvalue weighted by molar-refractivity contribution is -0.870. The Bertz CT molecular complexity index is 1790. The van der Waals surface area contributed by atoms with E-state index in [1.165, 1.54) is 116 Å². The molecule has 0 fully saturated rings. The Kier molecular flexibility index (Phi) is 58.0. The first-order valence-electron chi connectivity index (χ1n) is 32.3. The third-order valence-electron chi connectivity index (χ3n) is 13.4. The lowest BCUT2D eigenvalue weighted by atomic mass is 10.0. The van der Waals surface area contributed by atoms with Crippen LogP contribution in [0.4, 0.5) is 0 Å². The van der Waals surface area contributed by atoms with Crippen LogP contribution >= 0.6 is 0 Å². The van der Waals surface area contributed by atoms with Crippen LogP contribution < -0.4 is 5.11 Å². The molecule has 0 aliphatic heterocycles. The Morgan fingerprint density at radius 1 is 0.383 bits per heavy atom. The molecule has 81 heavy (non-hydrogen) atoms. The summed E-state index contributed by atoms with van der Waals surface area (Å²) in [6.07, 6.45) is 85.2. The van der Waals surface area contributed by atoms with E-state index in [0.717, 1.165) is 96.3 Å². The molecule has 0 aliphatic carbocycles. The topological polar surface area (TPSA) is 111 Å². The number of nitrogens with zero attached hydrogens (tertiary/aromatic N) is 1. The van der Waals surface area contributed by atoms with Crippen LogP contribution in [0.5, 0.6) is 0 Å². The highest BCUT2D eigenvalue weighted by atomic mass is 16.7. The minimum atomic E-state index is -1.64. The number of hydrogen-bond donors (Lipinski definition) is 0. The first-order valence-corrected chi connectivity index (χ1v) is 32.3. The summed E-state index contributed by atoms with van der Waals surface area (Å²) in [6.45, 7) is 4.56. The molecule has 0 spiro atoms. The molecule has 0 amide bonds. The van der Waals surface area contributed by atoms with Crippen molar-refractivity contribution >= 4 is 17.9 Å². The van der Waals surface area contributed by atoms with Crippen LogP contribution in [0.15, 0.2) is 134 Å². The quantitative estimate of drug-likeness (QED) is 0.0195. The fourth-order valence-electron chi connectivity index (χ4n) is 8.44. The molecule has 0 saturated carbocycles. The SMILES string of the molecule is CC/C=C\C/C=C\C/C=C\C/C=C\C/C=C\C/C=C\C/C=C\C/C=C\CCCCC(=O)OC(COC(=O)CCCCCCCCCCCCCCCC/C=C\C/C=C\C/C=C\CCCCCCC)COC(OCC[N+](C)(C)C)C(=O)[O-]. The highest BCUT2D eigenvalue weighted by Crippen LogP contribution is 2.15.